The first kappa shape index (κ1) is 16.5. The zero-order chi connectivity index (χ0) is 16.8. The summed E-state index contributed by atoms with van der Waals surface area (Å²) < 4.78 is 5.94. The standard InChI is InChI=1S/C20H24N2O2/c1-15-9-10-18(22-20(23)13-17-8-5-11-21-17)19(12-15)24-14-16-6-3-2-4-7-16/h2-4,6-7,9-10,12,17,21H,5,8,11,13-14H2,1H3,(H,22,23). The van der Waals surface area contributed by atoms with E-state index in [-0.39, 0.29) is 5.91 Å². The number of hydrogen-bond donors (Lipinski definition) is 2. The average Bonchev–Trinajstić information content (AvgIpc) is 3.09. The Bertz CT molecular complexity index is 679. The summed E-state index contributed by atoms with van der Waals surface area (Å²) in [7, 11) is 0. The molecule has 1 aliphatic rings. The lowest BCUT2D eigenvalue weighted by atomic mass is 10.1. The van der Waals surface area contributed by atoms with E-state index >= 15 is 0 Å². The maximum absolute atomic E-state index is 12.3. The molecule has 1 amide bonds. The van der Waals surface area contributed by atoms with E-state index < -0.39 is 0 Å². The molecule has 1 atom stereocenters. The number of anilines is 1. The maximum Gasteiger partial charge on any atom is 0.226 e. The molecule has 1 aliphatic heterocycles. The van der Waals surface area contributed by atoms with Gasteiger partial charge in [-0.2, -0.15) is 0 Å². The lowest BCUT2D eigenvalue weighted by molar-refractivity contribution is -0.116. The molecule has 0 spiro atoms. The Labute approximate surface area is 143 Å². The van der Waals surface area contributed by atoms with Gasteiger partial charge in [-0.1, -0.05) is 36.4 Å². The minimum atomic E-state index is 0.0304. The molecule has 0 saturated carbocycles. The quantitative estimate of drug-likeness (QED) is 0.853. The van der Waals surface area contributed by atoms with E-state index in [0.29, 0.717) is 24.8 Å². The number of carbonyl (C=O) groups is 1. The molecule has 1 fully saturated rings. The number of benzene rings is 2. The Morgan fingerprint density at radius 1 is 1.25 bits per heavy atom. The molecule has 2 N–H and O–H groups in total. The molecule has 0 aromatic heterocycles. The maximum atomic E-state index is 12.3. The summed E-state index contributed by atoms with van der Waals surface area (Å²) in [6, 6.07) is 16.2. The Kier molecular flexibility index (Phi) is 5.49. The fourth-order valence-electron chi connectivity index (χ4n) is 2.94. The second-order valence-electron chi connectivity index (χ2n) is 6.32. The Morgan fingerprint density at radius 2 is 2.08 bits per heavy atom. The molecule has 24 heavy (non-hydrogen) atoms. The first-order valence-corrected chi connectivity index (χ1v) is 8.51. The van der Waals surface area contributed by atoms with Gasteiger partial charge in [0.1, 0.15) is 12.4 Å². The van der Waals surface area contributed by atoms with Gasteiger partial charge in [0.2, 0.25) is 5.91 Å². The van der Waals surface area contributed by atoms with Crippen LogP contribution in [-0.2, 0) is 11.4 Å². The predicted octanol–water partition coefficient (Wildman–Crippen LogP) is 3.65. The van der Waals surface area contributed by atoms with Crippen LogP contribution in [0.1, 0.15) is 30.4 Å². The van der Waals surface area contributed by atoms with Gasteiger partial charge in [-0.15, -0.1) is 0 Å². The SMILES string of the molecule is Cc1ccc(NC(=O)CC2CCCN2)c(OCc2ccccc2)c1. The molecular weight excluding hydrogens is 300 g/mol. The summed E-state index contributed by atoms with van der Waals surface area (Å²) in [5.41, 5.74) is 2.94. The van der Waals surface area contributed by atoms with Crippen LogP contribution in [0, 0.1) is 6.92 Å². The van der Waals surface area contributed by atoms with Crippen LogP contribution in [0.5, 0.6) is 5.75 Å². The number of nitrogens with one attached hydrogen (secondary N) is 2. The Hall–Kier alpha value is -2.33. The van der Waals surface area contributed by atoms with E-state index in [4.69, 9.17) is 4.74 Å². The monoisotopic (exact) mass is 324 g/mol. The minimum absolute atomic E-state index is 0.0304. The molecule has 126 valence electrons. The van der Waals surface area contributed by atoms with Crippen molar-refractivity contribution in [2.24, 2.45) is 0 Å². The summed E-state index contributed by atoms with van der Waals surface area (Å²) in [5, 5.41) is 6.35. The van der Waals surface area contributed by atoms with Crippen LogP contribution in [0.2, 0.25) is 0 Å². The van der Waals surface area contributed by atoms with Crippen molar-refractivity contribution in [3.8, 4) is 5.75 Å². The highest BCUT2D eigenvalue weighted by Crippen LogP contribution is 2.27. The molecule has 1 unspecified atom stereocenters. The van der Waals surface area contributed by atoms with Crippen molar-refractivity contribution >= 4 is 11.6 Å². The minimum Gasteiger partial charge on any atom is -0.487 e. The van der Waals surface area contributed by atoms with Crippen LogP contribution >= 0.6 is 0 Å². The summed E-state index contributed by atoms with van der Waals surface area (Å²) in [6.07, 6.45) is 2.72. The van der Waals surface area contributed by atoms with Crippen LogP contribution in [0.25, 0.3) is 0 Å². The van der Waals surface area contributed by atoms with Crippen molar-refractivity contribution in [3.63, 3.8) is 0 Å². The highest BCUT2D eigenvalue weighted by molar-refractivity contribution is 5.92. The smallest absolute Gasteiger partial charge is 0.226 e. The van der Waals surface area contributed by atoms with Crippen LogP contribution in [0.3, 0.4) is 0 Å². The topological polar surface area (TPSA) is 50.4 Å². The van der Waals surface area contributed by atoms with Crippen molar-refractivity contribution in [2.45, 2.75) is 38.8 Å². The van der Waals surface area contributed by atoms with Gasteiger partial charge in [-0.05, 0) is 49.6 Å². The number of hydrogen-bond acceptors (Lipinski definition) is 3. The molecule has 0 aliphatic carbocycles. The van der Waals surface area contributed by atoms with Crippen molar-refractivity contribution < 1.29 is 9.53 Å². The number of amides is 1. The second kappa shape index (κ2) is 7.97. The fourth-order valence-corrected chi connectivity index (χ4v) is 2.94. The van der Waals surface area contributed by atoms with E-state index in [1.165, 1.54) is 0 Å². The van der Waals surface area contributed by atoms with Crippen molar-refractivity contribution in [3.05, 3.63) is 59.7 Å². The molecule has 0 radical (unpaired) electrons. The number of aryl methyl sites for hydroxylation is 1. The number of rotatable bonds is 6. The van der Waals surface area contributed by atoms with Crippen LogP contribution < -0.4 is 15.4 Å². The lowest BCUT2D eigenvalue weighted by Crippen LogP contribution is -2.27. The summed E-state index contributed by atoms with van der Waals surface area (Å²) in [6.45, 7) is 3.51. The summed E-state index contributed by atoms with van der Waals surface area (Å²) >= 11 is 0. The Balaban J connectivity index is 1.64. The van der Waals surface area contributed by atoms with Gasteiger partial charge in [0.25, 0.3) is 0 Å². The summed E-state index contributed by atoms with van der Waals surface area (Å²) in [4.78, 5) is 12.3. The van der Waals surface area contributed by atoms with Gasteiger partial charge in [0, 0.05) is 12.5 Å². The zero-order valence-corrected chi connectivity index (χ0v) is 14.0. The van der Waals surface area contributed by atoms with Crippen molar-refractivity contribution in [2.75, 3.05) is 11.9 Å². The predicted molar refractivity (Wildman–Crippen MR) is 96.2 cm³/mol. The molecule has 2 aromatic carbocycles. The normalized spacial score (nSPS) is 16.8. The van der Waals surface area contributed by atoms with E-state index in [1.807, 2.05) is 55.5 Å². The molecule has 4 nitrogen and oxygen atoms in total. The van der Waals surface area contributed by atoms with E-state index in [2.05, 4.69) is 10.6 Å². The van der Waals surface area contributed by atoms with E-state index in [1.54, 1.807) is 0 Å². The lowest BCUT2D eigenvalue weighted by Gasteiger charge is -2.15. The van der Waals surface area contributed by atoms with Crippen LogP contribution in [0.4, 0.5) is 5.69 Å². The third-order valence-electron chi connectivity index (χ3n) is 4.24. The fraction of sp³-hybridized carbons (Fsp3) is 0.350. The zero-order valence-electron chi connectivity index (χ0n) is 14.0. The van der Waals surface area contributed by atoms with E-state index in [9.17, 15) is 4.79 Å². The molecular formula is C20H24N2O2. The summed E-state index contributed by atoms with van der Waals surface area (Å²) in [5.74, 6) is 0.745. The molecule has 3 rings (SSSR count). The van der Waals surface area contributed by atoms with Gasteiger partial charge in [-0.3, -0.25) is 4.79 Å². The molecule has 1 saturated heterocycles. The molecule has 4 heteroatoms. The third kappa shape index (κ3) is 4.59. The van der Waals surface area contributed by atoms with Crippen LogP contribution in [-0.4, -0.2) is 18.5 Å². The van der Waals surface area contributed by atoms with Gasteiger partial charge in [-0.25, -0.2) is 0 Å². The molecule has 0 bridgehead atoms. The molecule has 2 aromatic rings. The van der Waals surface area contributed by atoms with Gasteiger partial charge < -0.3 is 15.4 Å². The Morgan fingerprint density at radius 3 is 2.83 bits per heavy atom. The van der Waals surface area contributed by atoms with Gasteiger partial charge in [0.15, 0.2) is 0 Å². The highest BCUT2D eigenvalue weighted by atomic mass is 16.5. The first-order chi connectivity index (χ1) is 11.7. The van der Waals surface area contributed by atoms with E-state index in [0.717, 1.165) is 36.2 Å². The largest absolute Gasteiger partial charge is 0.487 e. The third-order valence-corrected chi connectivity index (χ3v) is 4.24. The molecule has 1 heterocycles. The first-order valence-electron chi connectivity index (χ1n) is 8.51. The number of ether oxygens (including phenoxy) is 1. The van der Waals surface area contributed by atoms with Gasteiger partial charge >= 0.3 is 0 Å². The van der Waals surface area contributed by atoms with Crippen LogP contribution in [0.15, 0.2) is 48.5 Å². The second-order valence-corrected chi connectivity index (χ2v) is 6.32. The number of carbonyl (C=O) groups excluding carboxylic acids is 1. The van der Waals surface area contributed by atoms with Gasteiger partial charge in [0.05, 0.1) is 5.69 Å². The highest BCUT2D eigenvalue weighted by Gasteiger charge is 2.18. The van der Waals surface area contributed by atoms with Crippen molar-refractivity contribution in [1.82, 2.24) is 5.32 Å². The van der Waals surface area contributed by atoms with Crippen molar-refractivity contribution in [1.29, 1.82) is 0 Å². The average molecular weight is 324 g/mol.